The molecule has 0 saturated carbocycles. The fourth-order valence-electron chi connectivity index (χ4n) is 1.02. The lowest BCUT2D eigenvalue weighted by Crippen LogP contribution is -2.51. The van der Waals surface area contributed by atoms with Crippen LogP contribution in [0.15, 0.2) is 0 Å². The van der Waals surface area contributed by atoms with Gasteiger partial charge < -0.3 is 15.2 Å². The minimum absolute atomic E-state index is 0.164. The summed E-state index contributed by atoms with van der Waals surface area (Å²) in [7, 11) is 0. The zero-order valence-corrected chi connectivity index (χ0v) is 10.1. The van der Waals surface area contributed by atoms with Crippen molar-refractivity contribution in [3.8, 4) is 0 Å². The molecule has 0 aliphatic rings. The van der Waals surface area contributed by atoms with Gasteiger partial charge in [0.15, 0.2) is 0 Å². The molecule has 0 aliphatic heterocycles. The molecule has 2 N–H and O–H groups in total. The Morgan fingerprint density at radius 2 is 1.89 bits per heavy atom. The smallest absolute Gasteiger partial charge is 0.411 e. The van der Waals surface area contributed by atoms with E-state index in [2.05, 4.69) is 10.1 Å². The van der Waals surface area contributed by atoms with Gasteiger partial charge in [0.25, 0.3) is 0 Å². The number of rotatable bonds is 7. The van der Waals surface area contributed by atoms with Crippen molar-refractivity contribution in [3.05, 3.63) is 0 Å². The highest BCUT2D eigenvalue weighted by molar-refractivity contribution is 5.86. The normalized spacial score (nSPS) is 14.9. The number of carboxylic acid groups (broad SMARTS) is 1. The summed E-state index contributed by atoms with van der Waals surface area (Å²) in [6.07, 6.45) is -4.59. The third kappa shape index (κ3) is 6.43. The van der Waals surface area contributed by atoms with Gasteiger partial charge in [0.05, 0.1) is 6.61 Å². The van der Waals surface area contributed by atoms with Crippen LogP contribution in [0, 0.1) is 0 Å². The van der Waals surface area contributed by atoms with Gasteiger partial charge in [-0.25, -0.2) is 4.79 Å². The molecule has 0 aromatic carbocycles. The zero-order chi connectivity index (χ0) is 14.4. The molecule has 8 heteroatoms. The minimum Gasteiger partial charge on any atom is -0.480 e. The second-order valence-corrected chi connectivity index (χ2v) is 3.96. The van der Waals surface area contributed by atoms with Crippen LogP contribution in [0.5, 0.6) is 0 Å². The van der Waals surface area contributed by atoms with Crippen LogP contribution < -0.4 is 5.32 Å². The number of aliphatic carboxylic acids is 1. The van der Waals surface area contributed by atoms with Crippen LogP contribution >= 0.6 is 0 Å². The van der Waals surface area contributed by atoms with Crippen molar-refractivity contribution in [1.82, 2.24) is 5.32 Å². The number of carbonyl (C=O) groups excluding carboxylic acids is 1. The third-order valence-corrected chi connectivity index (χ3v) is 2.33. The largest absolute Gasteiger partial charge is 0.480 e. The summed E-state index contributed by atoms with van der Waals surface area (Å²) in [5.74, 6) is -1.86. The number of alkyl halides is 3. The number of nitrogens with one attached hydrogen (secondary N) is 1. The molecule has 1 atom stereocenters. The van der Waals surface area contributed by atoms with Gasteiger partial charge in [0.2, 0.25) is 5.91 Å². The third-order valence-electron chi connectivity index (χ3n) is 2.33. The van der Waals surface area contributed by atoms with Gasteiger partial charge in [0, 0.05) is 6.42 Å². The lowest BCUT2D eigenvalue weighted by Gasteiger charge is -2.24. The van der Waals surface area contributed by atoms with Crippen LogP contribution in [0.4, 0.5) is 13.2 Å². The molecule has 0 radical (unpaired) electrons. The number of halogens is 3. The average Bonchev–Trinajstić information content (AvgIpc) is 2.22. The van der Waals surface area contributed by atoms with Gasteiger partial charge in [-0.1, -0.05) is 6.92 Å². The summed E-state index contributed by atoms with van der Waals surface area (Å²) in [4.78, 5) is 22.2. The van der Waals surface area contributed by atoms with Crippen molar-refractivity contribution >= 4 is 11.9 Å². The highest BCUT2D eigenvalue weighted by Crippen LogP contribution is 2.14. The van der Waals surface area contributed by atoms with E-state index in [1.807, 2.05) is 0 Å². The number of amides is 1. The van der Waals surface area contributed by atoms with Crippen molar-refractivity contribution in [3.63, 3.8) is 0 Å². The molecule has 0 fully saturated rings. The first-order valence-corrected chi connectivity index (χ1v) is 5.29. The van der Waals surface area contributed by atoms with Gasteiger partial charge in [-0.05, 0) is 13.3 Å². The van der Waals surface area contributed by atoms with Gasteiger partial charge >= 0.3 is 12.1 Å². The maximum Gasteiger partial charge on any atom is 0.411 e. The Bertz CT molecular complexity index is 306. The lowest BCUT2D eigenvalue weighted by molar-refractivity contribution is -0.174. The number of carboxylic acids is 1. The molecule has 0 bridgehead atoms. The molecule has 106 valence electrons. The fraction of sp³-hybridized carbons (Fsp3) is 0.800. The molecule has 0 spiro atoms. The van der Waals surface area contributed by atoms with Crippen molar-refractivity contribution in [2.45, 2.75) is 38.4 Å². The zero-order valence-electron chi connectivity index (χ0n) is 10.1. The topological polar surface area (TPSA) is 75.6 Å². The van der Waals surface area contributed by atoms with E-state index in [4.69, 9.17) is 5.11 Å². The van der Waals surface area contributed by atoms with Crippen molar-refractivity contribution in [2.75, 3.05) is 13.2 Å². The average molecular weight is 271 g/mol. The SMILES string of the molecule is CCC(C)(NC(=O)CCOCC(F)(F)F)C(=O)O. The van der Waals surface area contributed by atoms with Crippen molar-refractivity contribution in [1.29, 1.82) is 0 Å². The van der Waals surface area contributed by atoms with E-state index in [0.717, 1.165) is 0 Å². The lowest BCUT2D eigenvalue weighted by atomic mass is 9.99. The van der Waals surface area contributed by atoms with Crippen molar-refractivity contribution < 1.29 is 32.6 Å². The predicted molar refractivity (Wildman–Crippen MR) is 56.0 cm³/mol. The van der Waals surface area contributed by atoms with Gasteiger partial charge in [-0.2, -0.15) is 13.2 Å². The molecule has 0 rings (SSSR count). The molecule has 0 heterocycles. The quantitative estimate of drug-likeness (QED) is 0.685. The highest BCUT2D eigenvalue weighted by atomic mass is 19.4. The number of hydrogen-bond donors (Lipinski definition) is 2. The maximum atomic E-state index is 11.7. The second-order valence-electron chi connectivity index (χ2n) is 3.96. The Morgan fingerprint density at radius 3 is 2.28 bits per heavy atom. The molecule has 5 nitrogen and oxygen atoms in total. The van der Waals surface area contributed by atoms with Crippen LogP contribution in [0.1, 0.15) is 26.7 Å². The number of carbonyl (C=O) groups is 2. The monoisotopic (exact) mass is 271 g/mol. The van der Waals surface area contributed by atoms with Gasteiger partial charge in [0.1, 0.15) is 12.1 Å². The Balaban J connectivity index is 4.02. The summed E-state index contributed by atoms with van der Waals surface area (Å²) in [5.41, 5.74) is -1.42. The Labute approximate surface area is 102 Å². The van der Waals surface area contributed by atoms with E-state index < -0.39 is 36.8 Å². The number of hydrogen-bond acceptors (Lipinski definition) is 3. The van der Waals surface area contributed by atoms with E-state index in [0.29, 0.717) is 0 Å². The number of ether oxygens (including phenoxy) is 1. The first kappa shape index (κ1) is 16.7. The van der Waals surface area contributed by atoms with Crippen LogP contribution in [0.3, 0.4) is 0 Å². The van der Waals surface area contributed by atoms with Crippen molar-refractivity contribution in [2.24, 2.45) is 0 Å². The summed E-state index contributed by atoms with van der Waals surface area (Å²) >= 11 is 0. The summed E-state index contributed by atoms with van der Waals surface area (Å²) in [6.45, 7) is 1.06. The van der Waals surface area contributed by atoms with E-state index >= 15 is 0 Å². The molecule has 18 heavy (non-hydrogen) atoms. The first-order valence-electron chi connectivity index (χ1n) is 5.29. The van der Waals surface area contributed by atoms with Gasteiger partial charge in [-0.3, -0.25) is 4.79 Å². The van der Waals surface area contributed by atoms with Crippen LogP contribution in [0.2, 0.25) is 0 Å². The Kier molecular flexibility index (Phi) is 6.10. The summed E-state index contributed by atoms with van der Waals surface area (Å²) in [6, 6.07) is 0. The molecule has 0 aromatic rings. The van der Waals surface area contributed by atoms with E-state index in [1.54, 1.807) is 6.92 Å². The molecule has 1 amide bonds. The predicted octanol–water partition coefficient (Wildman–Crippen LogP) is 1.32. The standard InChI is InChI=1S/C10H16F3NO4/c1-3-9(2,8(16)17)14-7(15)4-5-18-6-10(11,12)13/h3-6H2,1-2H3,(H,14,15)(H,16,17). The Morgan fingerprint density at radius 1 is 1.33 bits per heavy atom. The summed E-state index contributed by atoms with van der Waals surface area (Å²) < 4.78 is 39.4. The second kappa shape index (κ2) is 6.58. The molecule has 0 saturated heterocycles. The molecular weight excluding hydrogens is 255 g/mol. The van der Waals surface area contributed by atoms with E-state index in [1.165, 1.54) is 6.92 Å². The molecule has 1 unspecified atom stereocenters. The van der Waals surface area contributed by atoms with Crippen LogP contribution in [-0.2, 0) is 14.3 Å². The Hall–Kier alpha value is -1.31. The fourth-order valence-corrected chi connectivity index (χ4v) is 1.02. The maximum absolute atomic E-state index is 11.7. The molecule has 0 aromatic heterocycles. The minimum atomic E-state index is -4.44. The van der Waals surface area contributed by atoms with Gasteiger partial charge in [-0.15, -0.1) is 0 Å². The first-order chi connectivity index (χ1) is 8.10. The van der Waals surface area contributed by atoms with Crippen LogP contribution in [0.25, 0.3) is 0 Å². The molecule has 0 aliphatic carbocycles. The van der Waals surface area contributed by atoms with Crippen LogP contribution in [-0.4, -0.2) is 41.9 Å². The molecular formula is C10H16F3NO4. The summed E-state index contributed by atoms with van der Waals surface area (Å²) in [5, 5.41) is 11.1. The van der Waals surface area contributed by atoms with E-state index in [9.17, 15) is 22.8 Å². The highest BCUT2D eigenvalue weighted by Gasteiger charge is 2.32. The van der Waals surface area contributed by atoms with E-state index in [-0.39, 0.29) is 12.8 Å².